The number of hydrogen-bond acceptors (Lipinski definition) is 3. The van der Waals surface area contributed by atoms with Crippen LogP contribution < -0.4 is 5.43 Å². The van der Waals surface area contributed by atoms with Crippen LogP contribution in [0.3, 0.4) is 0 Å². The van der Waals surface area contributed by atoms with Crippen molar-refractivity contribution in [2.24, 2.45) is 5.10 Å². The van der Waals surface area contributed by atoms with E-state index in [-0.39, 0.29) is 5.91 Å². The molecule has 2 rings (SSSR count). The molecule has 5 nitrogen and oxygen atoms in total. The Balaban J connectivity index is 2.20. The Morgan fingerprint density at radius 1 is 1.35 bits per heavy atom. The van der Waals surface area contributed by atoms with Crippen molar-refractivity contribution in [3.63, 3.8) is 0 Å². The largest absolute Gasteiger partial charge is 0.274 e. The molecule has 0 aliphatic rings. The molecule has 2 aromatic rings. The van der Waals surface area contributed by atoms with Gasteiger partial charge in [-0.1, -0.05) is 30.3 Å². The maximum absolute atomic E-state index is 10.8. The van der Waals surface area contributed by atoms with Crippen molar-refractivity contribution in [2.75, 3.05) is 0 Å². The zero-order valence-corrected chi connectivity index (χ0v) is 11.9. The molecule has 0 fully saturated rings. The number of aromatic nitrogens is 2. The SMILES string of the molecule is CC(=O)N/N=C\c1c(C)nn(Cc2ccccc2)c1C. The van der Waals surface area contributed by atoms with Crippen molar-refractivity contribution in [2.45, 2.75) is 27.3 Å². The molecule has 5 heteroatoms. The molecule has 20 heavy (non-hydrogen) atoms. The summed E-state index contributed by atoms with van der Waals surface area (Å²) in [5, 5.41) is 8.42. The first-order valence-corrected chi connectivity index (χ1v) is 6.45. The molecule has 1 amide bonds. The molecule has 0 saturated heterocycles. The van der Waals surface area contributed by atoms with Gasteiger partial charge in [0.25, 0.3) is 0 Å². The highest BCUT2D eigenvalue weighted by Crippen LogP contribution is 2.12. The van der Waals surface area contributed by atoms with Crippen molar-refractivity contribution in [1.29, 1.82) is 0 Å². The molecular weight excluding hydrogens is 252 g/mol. The van der Waals surface area contributed by atoms with E-state index >= 15 is 0 Å². The van der Waals surface area contributed by atoms with Crippen LogP contribution >= 0.6 is 0 Å². The summed E-state index contributed by atoms with van der Waals surface area (Å²) >= 11 is 0. The first-order valence-electron chi connectivity index (χ1n) is 6.45. The second-order valence-corrected chi connectivity index (χ2v) is 4.65. The predicted molar refractivity (Wildman–Crippen MR) is 78.7 cm³/mol. The maximum atomic E-state index is 10.8. The number of carbonyl (C=O) groups excluding carboxylic acids is 1. The van der Waals surface area contributed by atoms with Crippen molar-refractivity contribution < 1.29 is 4.79 Å². The van der Waals surface area contributed by atoms with Crippen LogP contribution in [0.25, 0.3) is 0 Å². The Bertz CT molecular complexity index is 629. The zero-order valence-electron chi connectivity index (χ0n) is 11.9. The fourth-order valence-electron chi connectivity index (χ4n) is 2.00. The van der Waals surface area contributed by atoms with Crippen LogP contribution in [0.15, 0.2) is 35.4 Å². The summed E-state index contributed by atoms with van der Waals surface area (Å²) in [6, 6.07) is 10.2. The van der Waals surface area contributed by atoms with Crippen LogP contribution in [-0.2, 0) is 11.3 Å². The number of nitrogens with zero attached hydrogens (tertiary/aromatic N) is 3. The number of hydrazone groups is 1. The molecule has 1 heterocycles. The number of nitrogens with one attached hydrogen (secondary N) is 1. The van der Waals surface area contributed by atoms with Gasteiger partial charge in [0, 0.05) is 18.2 Å². The number of carbonyl (C=O) groups is 1. The first kappa shape index (κ1) is 14.0. The lowest BCUT2D eigenvalue weighted by atomic mass is 10.2. The Morgan fingerprint density at radius 3 is 2.70 bits per heavy atom. The molecule has 0 spiro atoms. The van der Waals surface area contributed by atoms with Gasteiger partial charge in [0.1, 0.15) is 0 Å². The highest BCUT2D eigenvalue weighted by Gasteiger charge is 2.09. The lowest BCUT2D eigenvalue weighted by Crippen LogP contribution is -2.12. The fraction of sp³-hybridized carbons (Fsp3) is 0.267. The number of benzene rings is 1. The minimum absolute atomic E-state index is 0.187. The van der Waals surface area contributed by atoms with Gasteiger partial charge in [-0.25, -0.2) is 5.43 Å². The van der Waals surface area contributed by atoms with Crippen LogP contribution in [0, 0.1) is 13.8 Å². The van der Waals surface area contributed by atoms with Gasteiger partial charge in [0.15, 0.2) is 0 Å². The van der Waals surface area contributed by atoms with E-state index in [1.165, 1.54) is 12.5 Å². The Hall–Kier alpha value is -2.43. The minimum atomic E-state index is -0.187. The summed E-state index contributed by atoms with van der Waals surface area (Å²) in [5.74, 6) is -0.187. The van der Waals surface area contributed by atoms with E-state index in [2.05, 4.69) is 27.8 Å². The highest BCUT2D eigenvalue weighted by atomic mass is 16.2. The van der Waals surface area contributed by atoms with Crippen LogP contribution in [0.1, 0.15) is 29.4 Å². The molecule has 104 valence electrons. The standard InChI is InChI=1S/C15H18N4O/c1-11-15(9-16-17-13(3)20)12(2)19(18-11)10-14-7-5-4-6-8-14/h4-9H,10H2,1-3H3,(H,17,20)/b16-9-. The Kier molecular flexibility index (Phi) is 4.30. The molecule has 0 saturated carbocycles. The second-order valence-electron chi connectivity index (χ2n) is 4.65. The van der Waals surface area contributed by atoms with Gasteiger partial charge in [-0.15, -0.1) is 0 Å². The van der Waals surface area contributed by atoms with Gasteiger partial charge in [-0.2, -0.15) is 10.2 Å². The third kappa shape index (κ3) is 3.32. The molecule has 0 unspecified atom stereocenters. The average molecular weight is 270 g/mol. The molecule has 0 aliphatic heterocycles. The van der Waals surface area contributed by atoms with E-state index in [0.29, 0.717) is 0 Å². The van der Waals surface area contributed by atoms with Gasteiger partial charge in [-0.3, -0.25) is 9.48 Å². The Labute approximate surface area is 118 Å². The highest BCUT2D eigenvalue weighted by molar-refractivity contribution is 5.84. The summed E-state index contributed by atoms with van der Waals surface area (Å²) in [7, 11) is 0. The minimum Gasteiger partial charge on any atom is -0.274 e. The van der Waals surface area contributed by atoms with Crippen molar-refractivity contribution in [3.8, 4) is 0 Å². The van der Waals surface area contributed by atoms with Gasteiger partial charge in [-0.05, 0) is 19.4 Å². The quantitative estimate of drug-likeness (QED) is 0.682. The average Bonchev–Trinajstić information content (AvgIpc) is 2.67. The van der Waals surface area contributed by atoms with E-state index in [0.717, 1.165) is 23.5 Å². The number of rotatable bonds is 4. The van der Waals surface area contributed by atoms with Gasteiger partial charge >= 0.3 is 0 Å². The fourth-order valence-corrected chi connectivity index (χ4v) is 2.00. The summed E-state index contributed by atoms with van der Waals surface area (Å²) in [6.07, 6.45) is 1.64. The molecule has 0 aliphatic carbocycles. The van der Waals surface area contributed by atoms with Gasteiger partial charge < -0.3 is 0 Å². The third-order valence-corrected chi connectivity index (χ3v) is 3.03. The molecule has 1 aromatic heterocycles. The van der Waals surface area contributed by atoms with E-state index in [1.807, 2.05) is 36.7 Å². The summed E-state index contributed by atoms with van der Waals surface area (Å²) in [5.41, 5.74) is 6.46. The zero-order chi connectivity index (χ0) is 14.5. The Morgan fingerprint density at radius 2 is 2.05 bits per heavy atom. The smallest absolute Gasteiger partial charge is 0.236 e. The summed E-state index contributed by atoms with van der Waals surface area (Å²) < 4.78 is 1.94. The lowest BCUT2D eigenvalue weighted by molar-refractivity contribution is -0.118. The van der Waals surface area contributed by atoms with Crippen LogP contribution in [0.2, 0.25) is 0 Å². The van der Waals surface area contributed by atoms with Crippen molar-refractivity contribution in [1.82, 2.24) is 15.2 Å². The first-order chi connectivity index (χ1) is 9.58. The van der Waals surface area contributed by atoms with Crippen LogP contribution in [0.4, 0.5) is 0 Å². The summed E-state index contributed by atoms with van der Waals surface area (Å²) in [4.78, 5) is 10.8. The molecule has 1 aromatic carbocycles. The summed E-state index contributed by atoms with van der Waals surface area (Å²) in [6.45, 7) is 6.08. The van der Waals surface area contributed by atoms with Crippen LogP contribution in [0.5, 0.6) is 0 Å². The number of amides is 1. The monoisotopic (exact) mass is 270 g/mol. The van der Waals surface area contributed by atoms with E-state index in [4.69, 9.17) is 0 Å². The predicted octanol–water partition coefficient (Wildman–Crippen LogP) is 2.02. The van der Waals surface area contributed by atoms with E-state index in [1.54, 1.807) is 6.21 Å². The third-order valence-electron chi connectivity index (χ3n) is 3.03. The van der Waals surface area contributed by atoms with Gasteiger partial charge in [0.05, 0.1) is 18.5 Å². The van der Waals surface area contributed by atoms with E-state index in [9.17, 15) is 4.79 Å². The van der Waals surface area contributed by atoms with Crippen molar-refractivity contribution >= 4 is 12.1 Å². The van der Waals surface area contributed by atoms with Crippen molar-refractivity contribution in [3.05, 3.63) is 52.8 Å². The molecule has 0 atom stereocenters. The van der Waals surface area contributed by atoms with E-state index < -0.39 is 0 Å². The number of aryl methyl sites for hydroxylation is 1. The normalized spacial score (nSPS) is 10.9. The lowest BCUT2D eigenvalue weighted by Gasteiger charge is -2.04. The van der Waals surface area contributed by atoms with Crippen LogP contribution in [-0.4, -0.2) is 21.9 Å². The maximum Gasteiger partial charge on any atom is 0.236 e. The second kappa shape index (κ2) is 6.14. The van der Waals surface area contributed by atoms with Gasteiger partial charge in [0.2, 0.25) is 5.91 Å². The molecule has 0 bridgehead atoms. The molecule has 0 radical (unpaired) electrons. The number of hydrogen-bond donors (Lipinski definition) is 1. The molecular formula is C15H18N4O. The molecule has 1 N–H and O–H groups in total. The topological polar surface area (TPSA) is 59.3 Å².